The molecule has 0 aliphatic carbocycles. The molecular formula is C30H40N4O4. The molecule has 0 spiro atoms. The molecule has 0 fully saturated rings. The van der Waals surface area contributed by atoms with Crippen LogP contribution in [0.5, 0.6) is 5.75 Å². The Hall–Kier alpha value is -3.78. The van der Waals surface area contributed by atoms with E-state index in [1.165, 1.54) is 0 Å². The SMILES string of the molecule is CCNC(=O)N(CCCOCC)CC(=O)N(Cc1ccccc1)Cc1cccn1Cc1cccc(OC)c1. The number of rotatable bonds is 15. The second-order valence-electron chi connectivity index (χ2n) is 9.02. The molecule has 2 aromatic carbocycles. The van der Waals surface area contributed by atoms with Gasteiger partial charge in [0.25, 0.3) is 0 Å². The van der Waals surface area contributed by atoms with Crippen LogP contribution < -0.4 is 10.1 Å². The second-order valence-corrected chi connectivity index (χ2v) is 9.02. The molecule has 0 radical (unpaired) electrons. The van der Waals surface area contributed by atoms with Crippen molar-refractivity contribution in [1.29, 1.82) is 0 Å². The van der Waals surface area contributed by atoms with Crippen LogP contribution >= 0.6 is 0 Å². The Morgan fingerprint density at radius 2 is 1.71 bits per heavy atom. The lowest BCUT2D eigenvalue weighted by atomic mass is 10.2. The van der Waals surface area contributed by atoms with Crippen molar-refractivity contribution < 1.29 is 19.1 Å². The molecule has 38 heavy (non-hydrogen) atoms. The zero-order chi connectivity index (χ0) is 27.2. The normalized spacial score (nSPS) is 10.7. The van der Waals surface area contributed by atoms with Crippen LogP contribution in [-0.2, 0) is 29.2 Å². The quantitative estimate of drug-likeness (QED) is 0.299. The average molecular weight is 521 g/mol. The number of aromatic nitrogens is 1. The first-order valence-corrected chi connectivity index (χ1v) is 13.2. The first-order valence-electron chi connectivity index (χ1n) is 13.2. The van der Waals surface area contributed by atoms with Crippen LogP contribution in [0.25, 0.3) is 0 Å². The number of nitrogens with zero attached hydrogens (tertiary/aromatic N) is 3. The highest BCUT2D eigenvalue weighted by atomic mass is 16.5. The van der Waals surface area contributed by atoms with Gasteiger partial charge in [-0.25, -0.2) is 4.79 Å². The average Bonchev–Trinajstić information content (AvgIpc) is 3.36. The van der Waals surface area contributed by atoms with Crippen molar-refractivity contribution in [3.63, 3.8) is 0 Å². The molecule has 0 bridgehead atoms. The van der Waals surface area contributed by atoms with Crippen LogP contribution in [0, 0.1) is 0 Å². The summed E-state index contributed by atoms with van der Waals surface area (Å²) < 4.78 is 13.0. The first kappa shape index (κ1) is 28.8. The minimum Gasteiger partial charge on any atom is -0.497 e. The summed E-state index contributed by atoms with van der Waals surface area (Å²) in [7, 11) is 1.66. The lowest BCUT2D eigenvalue weighted by Crippen LogP contribution is -2.47. The number of urea groups is 1. The van der Waals surface area contributed by atoms with Crippen molar-refractivity contribution in [3.8, 4) is 5.75 Å². The van der Waals surface area contributed by atoms with E-state index in [4.69, 9.17) is 9.47 Å². The Morgan fingerprint density at radius 1 is 0.921 bits per heavy atom. The van der Waals surface area contributed by atoms with Crippen LogP contribution in [0.4, 0.5) is 4.79 Å². The molecule has 3 aromatic rings. The summed E-state index contributed by atoms with van der Waals surface area (Å²) in [6.45, 7) is 7.47. The van der Waals surface area contributed by atoms with Gasteiger partial charge in [-0.1, -0.05) is 42.5 Å². The summed E-state index contributed by atoms with van der Waals surface area (Å²) in [6.07, 6.45) is 2.69. The lowest BCUT2D eigenvalue weighted by Gasteiger charge is -2.28. The molecule has 0 unspecified atom stereocenters. The molecule has 1 aromatic heterocycles. The van der Waals surface area contributed by atoms with Crippen molar-refractivity contribution in [1.82, 2.24) is 19.7 Å². The second kappa shape index (κ2) is 15.5. The largest absolute Gasteiger partial charge is 0.497 e. The summed E-state index contributed by atoms with van der Waals surface area (Å²) in [4.78, 5) is 29.8. The minimum absolute atomic E-state index is 0.00137. The third-order valence-corrected chi connectivity index (χ3v) is 6.19. The van der Waals surface area contributed by atoms with E-state index in [0.717, 1.165) is 22.6 Å². The van der Waals surface area contributed by atoms with Gasteiger partial charge in [-0.15, -0.1) is 0 Å². The Kier molecular flexibility index (Phi) is 11.7. The van der Waals surface area contributed by atoms with Crippen molar-refractivity contribution in [3.05, 3.63) is 89.7 Å². The standard InChI is InChI=1S/C30H40N4O4/c1-4-31-30(36)33(18-11-19-38-5-2)24-29(35)34(21-25-12-7-6-8-13-25)23-27-15-10-17-32(27)22-26-14-9-16-28(20-26)37-3/h6-10,12-17,20H,4-5,11,18-19,21-24H2,1-3H3,(H,31,36). The van der Waals surface area contributed by atoms with Crippen LogP contribution in [0.1, 0.15) is 37.1 Å². The zero-order valence-corrected chi connectivity index (χ0v) is 22.8. The highest BCUT2D eigenvalue weighted by Gasteiger charge is 2.22. The van der Waals surface area contributed by atoms with Crippen molar-refractivity contribution in [2.45, 2.75) is 39.9 Å². The molecule has 0 aliphatic rings. The molecule has 8 nitrogen and oxygen atoms in total. The first-order chi connectivity index (χ1) is 18.5. The van der Waals surface area contributed by atoms with E-state index in [-0.39, 0.29) is 18.5 Å². The molecule has 0 atom stereocenters. The Morgan fingerprint density at radius 3 is 2.45 bits per heavy atom. The van der Waals surface area contributed by atoms with Gasteiger partial charge >= 0.3 is 6.03 Å². The van der Waals surface area contributed by atoms with Crippen molar-refractivity contribution >= 4 is 11.9 Å². The molecule has 3 rings (SSSR count). The fourth-order valence-electron chi connectivity index (χ4n) is 4.23. The summed E-state index contributed by atoms with van der Waals surface area (Å²) in [5.74, 6) is 0.706. The van der Waals surface area contributed by atoms with Crippen LogP contribution in [-0.4, -0.2) is 66.3 Å². The summed E-state index contributed by atoms with van der Waals surface area (Å²) in [5.41, 5.74) is 3.16. The van der Waals surface area contributed by atoms with Gasteiger partial charge in [0.2, 0.25) is 5.91 Å². The van der Waals surface area contributed by atoms with E-state index < -0.39 is 0 Å². The number of hydrogen-bond donors (Lipinski definition) is 1. The minimum atomic E-state index is -0.238. The van der Waals surface area contributed by atoms with E-state index in [1.54, 1.807) is 12.0 Å². The monoisotopic (exact) mass is 520 g/mol. The van der Waals surface area contributed by atoms with Gasteiger partial charge in [0.15, 0.2) is 0 Å². The maximum atomic E-state index is 13.7. The number of ether oxygens (including phenoxy) is 2. The molecule has 0 aliphatic heterocycles. The van der Waals surface area contributed by atoms with Crippen LogP contribution in [0.3, 0.4) is 0 Å². The molecular weight excluding hydrogens is 480 g/mol. The number of methoxy groups -OCH3 is 1. The van der Waals surface area contributed by atoms with Crippen LogP contribution in [0.15, 0.2) is 72.9 Å². The smallest absolute Gasteiger partial charge is 0.317 e. The van der Waals surface area contributed by atoms with Crippen molar-refractivity contribution in [2.75, 3.05) is 40.0 Å². The summed E-state index contributed by atoms with van der Waals surface area (Å²) >= 11 is 0. The van der Waals surface area contributed by atoms with E-state index >= 15 is 0 Å². The molecule has 3 amide bonds. The molecule has 0 saturated carbocycles. The van der Waals surface area contributed by atoms with Gasteiger partial charge in [0, 0.05) is 51.3 Å². The fourth-order valence-corrected chi connectivity index (χ4v) is 4.23. The van der Waals surface area contributed by atoms with E-state index in [9.17, 15) is 9.59 Å². The number of hydrogen-bond acceptors (Lipinski definition) is 4. The third-order valence-electron chi connectivity index (χ3n) is 6.19. The van der Waals surface area contributed by atoms with E-state index in [1.807, 2.05) is 85.6 Å². The highest BCUT2D eigenvalue weighted by Crippen LogP contribution is 2.17. The van der Waals surface area contributed by atoms with Gasteiger partial charge in [-0.3, -0.25) is 4.79 Å². The van der Waals surface area contributed by atoms with Gasteiger partial charge in [0.05, 0.1) is 13.7 Å². The van der Waals surface area contributed by atoms with Gasteiger partial charge in [-0.2, -0.15) is 0 Å². The highest BCUT2D eigenvalue weighted by molar-refractivity contribution is 5.84. The van der Waals surface area contributed by atoms with Crippen molar-refractivity contribution in [2.24, 2.45) is 0 Å². The number of benzene rings is 2. The zero-order valence-electron chi connectivity index (χ0n) is 22.8. The number of nitrogens with one attached hydrogen (secondary N) is 1. The van der Waals surface area contributed by atoms with Gasteiger partial charge in [-0.05, 0) is 55.7 Å². The Labute approximate surface area is 226 Å². The van der Waals surface area contributed by atoms with Gasteiger partial charge in [0.1, 0.15) is 12.3 Å². The fraction of sp³-hybridized carbons (Fsp3) is 0.400. The van der Waals surface area contributed by atoms with Crippen LogP contribution in [0.2, 0.25) is 0 Å². The van der Waals surface area contributed by atoms with Gasteiger partial charge < -0.3 is 29.2 Å². The third kappa shape index (κ3) is 8.95. The molecule has 1 heterocycles. The summed E-state index contributed by atoms with van der Waals surface area (Å²) in [5, 5.41) is 2.83. The van der Waals surface area contributed by atoms with E-state index in [2.05, 4.69) is 16.0 Å². The maximum Gasteiger partial charge on any atom is 0.317 e. The lowest BCUT2D eigenvalue weighted by molar-refractivity contribution is -0.133. The number of amides is 3. The molecule has 0 saturated heterocycles. The number of carbonyl (C=O) groups excluding carboxylic acids is 2. The summed E-state index contributed by atoms with van der Waals surface area (Å²) in [6, 6.07) is 21.7. The molecule has 8 heteroatoms. The van der Waals surface area contributed by atoms with E-state index in [0.29, 0.717) is 52.4 Å². The maximum absolute atomic E-state index is 13.7. The predicted molar refractivity (Wildman–Crippen MR) is 149 cm³/mol. The molecule has 1 N–H and O–H groups in total. The Bertz CT molecular complexity index is 1130. The Balaban J connectivity index is 1.78. The number of carbonyl (C=O) groups is 2. The molecule has 204 valence electrons. The predicted octanol–water partition coefficient (Wildman–Crippen LogP) is 4.53. The topological polar surface area (TPSA) is 76.0 Å².